The summed E-state index contributed by atoms with van der Waals surface area (Å²) in [7, 11) is 0. The van der Waals surface area contributed by atoms with E-state index in [4.69, 9.17) is 4.74 Å². The minimum atomic E-state index is -0.779. The van der Waals surface area contributed by atoms with Crippen LogP contribution in [0.2, 0.25) is 0 Å². The van der Waals surface area contributed by atoms with Crippen LogP contribution in [-0.4, -0.2) is 26.9 Å². The molecule has 1 N–H and O–H groups in total. The Hall–Kier alpha value is -1.62. The van der Waals surface area contributed by atoms with E-state index < -0.39 is 11.7 Å². The van der Waals surface area contributed by atoms with Crippen molar-refractivity contribution in [3.05, 3.63) is 30.1 Å². The number of hydroxylamine groups is 2. The lowest BCUT2D eigenvalue weighted by atomic mass is 10.2. The molecule has 1 aromatic rings. The Morgan fingerprint density at radius 2 is 2.19 bits per heavy atom. The first kappa shape index (κ1) is 12.4. The number of amides is 1. The number of rotatable bonds is 2. The second kappa shape index (κ2) is 4.94. The molecule has 5 nitrogen and oxygen atoms in total. The van der Waals surface area contributed by atoms with Crippen LogP contribution in [0.25, 0.3) is 0 Å². The summed E-state index contributed by atoms with van der Waals surface area (Å²) in [4.78, 5) is 15.4. The van der Waals surface area contributed by atoms with Crippen molar-refractivity contribution < 1.29 is 14.7 Å². The van der Waals surface area contributed by atoms with Crippen LogP contribution < -0.4 is 0 Å². The lowest BCUT2D eigenvalue weighted by Crippen LogP contribution is -2.34. The minimum Gasteiger partial charge on any atom is -0.442 e. The van der Waals surface area contributed by atoms with Crippen LogP contribution in [0.4, 0.5) is 4.79 Å². The second-order valence-electron chi connectivity index (χ2n) is 4.36. The second-order valence-corrected chi connectivity index (χ2v) is 4.36. The van der Waals surface area contributed by atoms with Gasteiger partial charge < -0.3 is 4.74 Å². The average Bonchev–Trinajstić information content (AvgIpc) is 2.16. The van der Waals surface area contributed by atoms with Crippen molar-refractivity contribution >= 4 is 6.09 Å². The highest BCUT2D eigenvalue weighted by molar-refractivity contribution is 5.66. The van der Waals surface area contributed by atoms with Crippen LogP contribution in [0, 0.1) is 0 Å². The number of pyridine rings is 1. The summed E-state index contributed by atoms with van der Waals surface area (Å²) in [5, 5.41) is 9.96. The fourth-order valence-corrected chi connectivity index (χ4v) is 1.02. The maximum Gasteiger partial charge on any atom is 0.434 e. The third-order valence-electron chi connectivity index (χ3n) is 1.64. The predicted octanol–water partition coefficient (Wildman–Crippen LogP) is 2.21. The normalized spacial score (nSPS) is 11.0. The molecule has 0 atom stereocenters. The van der Waals surface area contributed by atoms with Gasteiger partial charge in [-0.05, 0) is 32.9 Å². The van der Waals surface area contributed by atoms with E-state index in [2.05, 4.69) is 4.98 Å². The highest BCUT2D eigenvalue weighted by atomic mass is 16.6. The molecule has 0 unspecified atom stereocenters. The Labute approximate surface area is 94.6 Å². The highest BCUT2D eigenvalue weighted by Crippen LogP contribution is 2.10. The molecule has 1 heterocycles. The lowest BCUT2D eigenvalue weighted by molar-refractivity contribution is -0.100. The topological polar surface area (TPSA) is 62.7 Å². The van der Waals surface area contributed by atoms with Gasteiger partial charge in [0, 0.05) is 6.20 Å². The van der Waals surface area contributed by atoms with Gasteiger partial charge in [-0.3, -0.25) is 10.2 Å². The Morgan fingerprint density at radius 3 is 2.69 bits per heavy atom. The summed E-state index contributed by atoms with van der Waals surface area (Å²) in [6.45, 7) is 5.22. The molecular weight excluding hydrogens is 208 g/mol. The van der Waals surface area contributed by atoms with Crippen LogP contribution in [-0.2, 0) is 11.3 Å². The van der Waals surface area contributed by atoms with E-state index in [1.807, 2.05) is 0 Å². The first-order chi connectivity index (χ1) is 7.38. The van der Waals surface area contributed by atoms with Gasteiger partial charge in [-0.2, -0.15) is 5.06 Å². The van der Waals surface area contributed by atoms with Gasteiger partial charge in [0.2, 0.25) is 0 Å². The monoisotopic (exact) mass is 224 g/mol. The molecule has 1 aromatic heterocycles. The molecule has 88 valence electrons. The van der Waals surface area contributed by atoms with Gasteiger partial charge in [-0.25, -0.2) is 4.79 Å². The molecule has 0 aliphatic rings. The predicted molar refractivity (Wildman–Crippen MR) is 57.8 cm³/mol. The zero-order valence-electron chi connectivity index (χ0n) is 9.67. The van der Waals surface area contributed by atoms with Gasteiger partial charge in [0.15, 0.2) is 0 Å². The van der Waals surface area contributed by atoms with Crippen LogP contribution >= 0.6 is 0 Å². The zero-order valence-corrected chi connectivity index (χ0v) is 9.67. The third-order valence-corrected chi connectivity index (χ3v) is 1.64. The highest BCUT2D eigenvalue weighted by Gasteiger charge is 2.21. The Bertz CT molecular complexity index is 346. The van der Waals surface area contributed by atoms with Gasteiger partial charge in [0.1, 0.15) is 5.60 Å². The molecule has 0 aromatic carbocycles. The average molecular weight is 224 g/mol. The van der Waals surface area contributed by atoms with Gasteiger partial charge in [0.25, 0.3) is 0 Å². The fraction of sp³-hybridized carbons (Fsp3) is 0.455. The van der Waals surface area contributed by atoms with Gasteiger partial charge >= 0.3 is 6.09 Å². The Balaban J connectivity index is 2.53. The van der Waals surface area contributed by atoms with Crippen molar-refractivity contribution in [1.82, 2.24) is 10.0 Å². The fourth-order valence-electron chi connectivity index (χ4n) is 1.02. The molecule has 0 saturated heterocycles. The maximum atomic E-state index is 11.4. The van der Waals surface area contributed by atoms with E-state index in [9.17, 15) is 10.0 Å². The number of aromatic nitrogens is 1. The lowest BCUT2D eigenvalue weighted by Gasteiger charge is -2.23. The maximum absolute atomic E-state index is 11.4. The number of carbonyl (C=O) groups excluding carboxylic acids is 1. The third kappa shape index (κ3) is 4.27. The molecule has 0 aliphatic carbocycles. The van der Waals surface area contributed by atoms with Crippen molar-refractivity contribution in [2.75, 3.05) is 0 Å². The van der Waals surface area contributed by atoms with E-state index in [0.717, 1.165) is 0 Å². The molecule has 0 fully saturated rings. The number of hydrogen-bond acceptors (Lipinski definition) is 4. The number of nitrogens with zero attached hydrogens (tertiary/aromatic N) is 2. The summed E-state index contributed by atoms with van der Waals surface area (Å²) in [6, 6.07) is 5.26. The SMILES string of the molecule is CC(C)(C)OC(=O)N(O)Cc1ccccn1. The van der Waals surface area contributed by atoms with Crippen molar-refractivity contribution in [2.24, 2.45) is 0 Å². The minimum absolute atomic E-state index is 0.00968. The summed E-state index contributed by atoms with van der Waals surface area (Å²) in [5.41, 5.74) is -0.0294. The van der Waals surface area contributed by atoms with Crippen LogP contribution in [0.15, 0.2) is 24.4 Å². The molecule has 0 bridgehead atoms. The summed E-state index contributed by atoms with van der Waals surface area (Å²) >= 11 is 0. The summed E-state index contributed by atoms with van der Waals surface area (Å²) in [6.07, 6.45) is 0.816. The van der Waals surface area contributed by atoms with Crippen molar-refractivity contribution in [1.29, 1.82) is 0 Å². The summed E-state index contributed by atoms with van der Waals surface area (Å²) in [5.74, 6) is 0. The molecule has 1 amide bonds. The molecular formula is C11H16N2O3. The van der Waals surface area contributed by atoms with Crippen LogP contribution in [0.5, 0.6) is 0 Å². The van der Waals surface area contributed by atoms with Crippen molar-refractivity contribution in [3.8, 4) is 0 Å². The van der Waals surface area contributed by atoms with E-state index in [1.165, 1.54) is 0 Å². The number of carbonyl (C=O) groups is 1. The number of hydrogen-bond donors (Lipinski definition) is 1. The zero-order chi connectivity index (χ0) is 12.2. The summed E-state index contributed by atoms with van der Waals surface area (Å²) < 4.78 is 4.98. The van der Waals surface area contributed by atoms with E-state index >= 15 is 0 Å². The Morgan fingerprint density at radius 1 is 1.50 bits per heavy atom. The molecule has 0 saturated carbocycles. The largest absolute Gasteiger partial charge is 0.442 e. The first-order valence-electron chi connectivity index (χ1n) is 4.98. The molecule has 1 rings (SSSR count). The van der Waals surface area contributed by atoms with E-state index in [0.29, 0.717) is 10.8 Å². The Kier molecular flexibility index (Phi) is 3.84. The molecule has 16 heavy (non-hydrogen) atoms. The van der Waals surface area contributed by atoms with Gasteiger partial charge in [-0.15, -0.1) is 0 Å². The van der Waals surface area contributed by atoms with Crippen molar-refractivity contribution in [3.63, 3.8) is 0 Å². The van der Waals surface area contributed by atoms with Crippen LogP contribution in [0.3, 0.4) is 0 Å². The van der Waals surface area contributed by atoms with Gasteiger partial charge in [0.05, 0.1) is 12.2 Å². The molecule has 0 spiro atoms. The van der Waals surface area contributed by atoms with Gasteiger partial charge in [-0.1, -0.05) is 6.07 Å². The molecule has 0 aliphatic heterocycles. The first-order valence-corrected chi connectivity index (χ1v) is 4.98. The molecule has 0 radical (unpaired) electrons. The van der Waals surface area contributed by atoms with E-state index in [-0.39, 0.29) is 6.54 Å². The standard InChI is InChI=1S/C11H16N2O3/c1-11(2,3)16-10(14)13(15)8-9-6-4-5-7-12-9/h4-7,15H,8H2,1-3H3. The number of ether oxygens (including phenoxy) is 1. The quantitative estimate of drug-likeness (QED) is 0.618. The van der Waals surface area contributed by atoms with Crippen LogP contribution in [0.1, 0.15) is 26.5 Å². The smallest absolute Gasteiger partial charge is 0.434 e. The molecule has 5 heteroatoms. The van der Waals surface area contributed by atoms with Crippen molar-refractivity contribution in [2.45, 2.75) is 32.9 Å². The van der Waals surface area contributed by atoms with E-state index in [1.54, 1.807) is 45.2 Å².